The first kappa shape index (κ1) is 14.2. The first-order valence-electron chi connectivity index (χ1n) is 5.34. The first-order chi connectivity index (χ1) is 9.47. The summed E-state index contributed by atoms with van der Waals surface area (Å²) < 4.78 is 0. The van der Waals surface area contributed by atoms with E-state index in [4.69, 9.17) is 23.2 Å². The molecule has 1 N–H and O–H groups in total. The molecular formula is C12H7Cl2N3O3. The molecule has 20 heavy (non-hydrogen) atoms. The molecule has 0 saturated carbocycles. The Morgan fingerprint density at radius 3 is 2.50 bits per heavy atom. The second kappa shape index (κ2) is 5.85. The van der Waals surface area contributed by atoms with Crippen molar-refractivity contribution < 1.29 is 9.72 Å². The quantitative estimate of drug-likeness (QED) is 0.693. The summed E-state index contributed by atoms with van der Waals surface area (Å²) in [5.41, 5.74) is -0.472. The zero-order valence-electron chi connectivity index (χ0n) is 9.84. The van der Waals surface area contributed by atoms with E-state index >= 15 is 0 Å². The third-order valence-electron chi connectivity index (χ3n) is 2.37. The first-order valence-corrected chi connectivity index (χ1v) is 6.10. The lowest BCUT2D eigenvalue weighted by molar-refractivity contribution is -0.385. The standard InChI is InChI=1S/C12H7Cl2N3O3/c13-7-1-3-9(10(5-7)17(19)20)12(18)16-11-4-2-8(14)6-15-11/h1-6H,(H,15,16,18). The minimum Gasteiger partial charge on any atom is -0.306 e. The van der Waals surface area contributed by atoms with Crippen molar-refractivity contribution in [2.75, 3.05) is 5.32 Å². The van der Waals surface area contributed by atoms with E-state index in [1.165, 1.54) is 24.4 Å². The Balaban J connectivity index is 2.29. The Hall–Kier alpha value is -2.18. The molecule has 1 aromatic carbocycles. The van der Waals surface area contributed by atoms with Gasteiger partial charge in [0.05, 0.1) is 9.95 Å². The number of amides is 1. The molecule has 8 heteroatoms. The van der Waals surface area contributed by atoms with Gasteiger partial charge in [0.1, 0.15) is 11.4 Å². The lowest BCUT2D eigenvalue weighted by atomic mass is 10.1. The molecule has 1 aromatic heterocycles. The summed E-state index contributed by atoms with van der Waals surface area (Å²) in [6.07, 6.45) is 1.35. The van der Waals surface area contributed by atoms with Crippen LogP contribution in [0.3, 0.4) is 0 Å². The Kier molecular flexibility index (Phi) is 4.16. The summed E-state index contributed by atoms with van der Waals surface area (Å²) in [5.74, 6) is -0.410. The predicted octanol–water partition coefficient (Wildman–Crippen LogP) is 3.55. The fourth-order valence-corrected chi connectivity index (χ4v) is 1.76. The van der Waals surface area contributed by atoms with E-state index in [1.807, 2.05) is 0 Å². The number of benzene rings is 1. The summed E-state index contributed by atoms with van der Waals surface area (Å²) in [6.45, 7) is 0. The van der Waals surface area contributed by atoms with E-state index in [0.29, 0.717) is 5.02 Å². The van der Waals surface area contributed by atoms with Crippen molar-refractivity contribution in [3.05, 3.63) is 62.3 Å². The van der Waals surface area contributed by atoms with Crippen molar-refractivity contribution in [3.63, 3.8) is 0 Å². The smallest absolute Gasteiger partial charge is 0.283 e. The normalized spacial score (nSPS) is 10.1. The van der Waals surface area contributed by atoms with Crippen LogP contribution in [0.5, 0.6) is 0 Å². The summed E-state index contributed by atoms with van der Waals surface area (Å²) in [4.78, 5) is 26.1. The molecule has 0 aliphatic heterocycles. The number of hydrogen-bond acceptors (Lipinski definition) is 4. The van der Waals surface area contributed by atoms with E-state index in [0.717, 1.165) is 6.07 Å². The van der Waals surface area contributed by atoms with Gasteiger partial charge in [0.2, 0.25) is 0 Å². The minimum absolute atomic E-state index is 0.101. The molecule has 2 rings (SSSR count). The van der Waals surface area contributed by atoms with Crippen LogP contribution in [0.25, 0.3) is 0 Å². The minimum atomic E-state index is -0.671. The Bertz CT molecular complexity index is 674. The van der Waals surface area contributed by atoms with Crippen LogP contribution in [-0.4, -0.2) is 15.8 Å². The van der Waals surface area contributed by atoms with E-state index in [-0.39, 0.29) is 22.1 Å². The van der Waals surface area contributed by atoms with Gasteiger partial charge in [0, 0.05) is 17.3 Å². The van der Waals surface area contributed by atoms with Crippen LogP contribution in [0, 0.1) is 10.1 Å². The van der Waals surface area contributed by atoms with Crippen LogP contribution in [0.2, 0.25) is 10.0 Å². The van der Waals surface area contributed by atoms with Crippen LogP contribution in [0.1, 0.15) is 10.4 Å². The number of nitrogens with zero attached hydrogens (tertiary/aromatic N) is 2. The second-order valence-electron chi connectivity index (χ2n) is 3.73. The zero-order chi connectivity index (χ0) is 14.7. The fraction of sp³-hybridized carbons (Fsp3) is 0. The molecule has 0 atom stereocenters. The number of nitro groups is 1. The SMILES string of the molecule is O=C(Nc1ccc(Cl)cn1)c1ccc(Cl)cc1[N+](=O)[O-]. The van der Waals surface area contributed by atoms with Crippen molar-refractivity contribution in [1.29, 1.82) is 0 Å². The van der Waals surface area contributed by atoms with Crippen molar-refractivity contribution in [2.45, 2.75) is 0 Å². The van der Waals surface area contributed by atoms with Gasteiger partial charge in [-0.2, -0.15) is 0 Å². The molecule has 0 aliphatic rings. The lowest BCUT2D eigenvalue weighted by Gasteiger charge is -2.05. The van der Waals surface area contributed by atoms with Crippen molar-refractivity contribution in [2.24, 2.45) is 0 Å². The molecule has 0 fully saturated rings. The molecule has 1 amide bonds. The van der Waals surface area contributed by atoms with Crippen molar-refractivity contribution in [3.8, 4) is 0 Å². The van der Waals surface area contributed by atoms with Crippen LogP contribution in [0.4, 0.5) is 11.5 Å². The topological polar surface area (TPSA) is 85.1 Å². The highest BCUT2D eigenvalue weighted by molar-refractivity contribution is 6.31. The molecule has 102 valence electrons. The van der Waals surface area contributed by atoms with Crippen LogP contribution >= 0.6 is 23.2 Å². The Labute approximate surface area is 123 Å². The molecule has 2 aromatic rings. The molecule has 0 bridgehead atoms. The Morgan fingerprint density at radius 2 is 1.90 bits per heavy atom. The average molecular weight is 312 g/mol. The molecule has 0 spiro atoms. The number of aromatic nitrogens is 1. The average Bonchev–Trinajstić information content (AvgIpc) is 2.41. The summed E-state index contributed by atoms with van der Waals surface area (Å²) >= 11 is 11.4. The molecule has 6 nitrogen and oxygen atoms in total. The van der Waals surface area contributed by atoms with Crippen LogP contribution in [-0.2, 0) is 0 Å². The number of pyridine rings is 1. The molecule has 0 aliphatic carbocycles. The largest absolute Gasteiger partial charge is 0.306 e. The number of nitrogens with one attached hydrogen (secondary N) is 1. The van der Waals surface area contributed by atoms with E-state index in [1.54, 1.807) is 6.07 Å². The summed E-state index contributed by atoms with van der Waals surface area (Å²) in [5, 5.41) is 13.9. The van der Waals surface area contributed by atoms with Crippen LogP contribution in [0.15, 0.2) is 36.5 Å². The number of hydrogen-bond donors (Lipinski definition) is 1. The lowest BCUT2D eigenvalue weighted by Crippen LogP contribution is -2.14. The van der Waals surface area contributed by atoms with Crippen molar-refractivity contribution >= 4 is 40.6 Å². The van der Waals surface area contributed by atoms with Gasteiger partial charge in [-0.1, -0.05) is 23.2 Å². The highest BCUT2D eigenvalue weighted by atomic mass is 35.5. The molecular weight excluding hydrogens is 305 g/mol. The molecule has 0 unspecified atom stereocenters. The number of rotatable bonds is 3. The van der Waals surface area contributed by atoms with Gasteiger partial charge in [0.25, 0.3) is 11.6 Å². The van der Waals surface area contributed by atoms with Gasteiger partial charge < -0.3 is 5.32 Å². The van der Waals surface area contributed by atoms with Gasteiger partial charge in [-0.05, 0) is 24.3 Å². The van der Waals surface area contributed by atoms with Gasteiger partial charge in [0.15, 0.2) is 0 Å². The van der Waals surface area contributed by atoms with Crippen LogP contribution < -0.4 is 5.32 Å². The maximum Gasteiger partial charge on any atom is 0.283 e. The molecule has 0 saturated heterocycles. The van der Waals surface area contributed by atoms with Crippen molar-refractivity contribution in [1.82, 2.24) is 4.98 Å². The second-order valence-corrected chi connectivity index (χ2v) is 4.61. The monoisotopic (exact) mass is 311 g/mol. The number of carbonyl (C=O) groups excluding carboxylic acids is 1. The van der Waals surface area contributed by atoms with Gasteiger partial charge in [-0.3, -0.25) is 14.9 Å². The fourth-order valence-electron chi connectivity index (χ4n) is 1.48. The number of anilines is 1. The maximum absolute atomic E-state index is 12.0. The summed E-state index contributed by atoms with van der Waals surface area (Å²) in [7, 11) is 0. The van der Waals surface area contributed by atoms with E-state index in [9.17, 15) is 14.9 Å². The highest BCUT2D eigenvalue weighted by Crippen LogP contribution is 2.24. The third kappa shape index (κ3) is 3.23. The maximum atomic E-state index is 12.0. The summed E-state index contributed by atoms with van der Waals surface area (Å²) in [6, 6.07) is 6.83. The number of nitro benzene ring substituents is 1. The highest BCUT2D eigenvalue weighted by Gasteiger charge is 2.20. The van der Waals surface area contributed by atoms with E-state index in [2.05, 4.69) is 10.3 Å². The number of halogens is 2. The Morgan fingerprint density at radius 1 is 1.20 bits per heavy atom. The van der Waals surface area contributed by atoms with Gasteiger partial charge >= 0.3 is 0 Å². The third-order valence-corrected chi connectivity index (χ3v) is 2.83. The molecule has 1 heterocycles. The predicted molar refractivity (Wildman–Crippen MR) is 75.3 cm³/mol. The van der Waals surface area contributed by atoms with E-state index < -0.39 is 10.8 Å². The van der Waals surface area contributed by atoms with Gasteiger partial charge in [-0.25, -0.2) is 4.98 Å². The number of carbonyl (C=O) groups is 1. The van der Waals surface area contributed by atoms with Gasteiger partial charge in [-0.15, -0.1) is 0 Å². The molecule has 0 radical (unpaired) electrons. The zero-order valence-corrected chi connectivity index (χ0v) is 11.4.